The molecule has 5 nitrogen and oxygen atoms in total. The molecular formula is C19H23N3O2. The first kappa shape index (κ1) is 16.5. The molecule has 0 bridgehead atoms. The highest BCUT2D eigenvalue weighted by molar-refractivity contribution is 5.76. The lowest BCUT2D eigenvalue weighted by Crippen LogP contribution is -2.43. The molecule has 1 fully saturated rings. The molecule has 1 unspecified atom stereocenters. The fourth-order valence-corrected chi connectivity index (χ4v) is 3.10. The average molecular weight is 325 g/mol. The molecule has 1 atom stereocenters. The minimum atomic E-state index is -0.973. The van der Waals surface area contributed by atoms with Crippen LogP contribution in [0.4, 0.5) is 5.69 Å². The summed E-state index contributed by atoms with van der Waals surface area (Å²) in [5, 5.41) is 12.4. The van der Waals surface area contributed by atoms with Crippen molar-refractivity contribution in [3.05, 3.63) is 54.1 Å². The lowest BCUT2D eigenvalue weighted by molar-refractivity contribution is -0.138. The zero-order valence-electron chi connectivity index (χ0n) is 13.6. The van der Waals surface area contributed by atoms with Crippen molar-refractivity contribution in [2.75, 3.05) is 31.1 Å². The summed E-state index contributed by atoms with van der Waals surface area (Å²) in [4.78, 5) is 13.4. The number of hydrogen-bond donors (Lipinski definition) is 3. The van der Waals surface area contributed by atoms with Crippen molar-refractivity contribution in [1.29, 1.82) is 0 Å². The minimum Gasteiger partial charge on any atom is -0.480 e. The van der Waals surface area contributed by atoms with Crippen molar-refractivity contribution in [3.8, 4) is 11.1 Å². The quantitative estimate of drug-likeness (QED) is 0.780. The summed E-state index contributed by atoms with van der Waals surface area (Å²) in [7, 11) is 0. The molecule has 4 N–H and O–H groups in total. The lowest BCUT2D eigenvalue weighted by Gasteiger charge is -2.29. The summed E-state index contributed by atoms with van der Waals surface area (Å²) < 4.78 is 0. The zero-order valence-corrected chi connectivity index (χ0v) is 13.6. The summed E-state index contributed by atoms with van der Waals surface area (Å²) in [5.74, 6) is -0.973. The molecule has 0 aromatic heterocycles. The van der Waals surface area contributed by atoms with E-state index in [0.29, 0.717) is 6.42 Å². The first-order valence-electron chi connectivity index (χ1n) is 8.27. The second-order valence-electron chi connectivity index (χ2n) is 6.09. The highest BCUT2D eigenvalue weighted by Gasteiger charge is 2.16. The fraction of sp³-hybridized carbons (Fsp3) is 0.316. The molecule has 0 spiro atoms. The molecule has 0 aliphatic carbocycles. The number of rotatable bonds is 5. The second-order valence-corrected chi connectivity index (χ2v) is 6.09. The molecule has 24 heavy (non-hydrogen) atoms. The molecule has 1 aliphatic heterocycles. The number of hydrogen-bond acceptors (Lipinski definition) is 4. The summed E-state index contributed by atoms with van der Waals surface area (Å²) in [5.41, 5.74) is 10.0. The van der Waals surface area contributed by atoms with E-state index in [-0.39, 0.29) is 0 Å². The molecule has 0 radical (unpaired) electrons. The molecular weight excluding hydrogens is 302 g/mol. The normalized spacial score (nSPS) is 16.0. The fourth-order valence-electron chi connectivity index (χ4n) is 3.10. The topological polar surface area (TPSA) is 78.6 Å². The highest BCUT2D eigenvalue weighted by atomic mass is 16.4. The summed E-state index contributed by atoms with van der Waals surface area (Å²) in [6.07, 6.45) is 0.323. The van der Waals surface area contributed by atoms with Crippen LogP contribution >= 0.6 is 0 Å². The van der Waals surface area contributed by atoms with Gasteiger partial charge in [-0.3, -0.25) is 4.79 Å². The minimum absolute atomic E-state index is 0.323. The van der Waals surface area contributed by atoms with Gasteiger partial charge in [0.2, 0.25) is 0 Å². The van der Waals surface area contributed by atoms with Crippen LogP contribution in [0.1, 0.15) is 5.56 Å². The van der Waals surface area contributed by atoms with Crippen LogP contribution < -0.4 is 16.0 Å². The number of nitrogens with one attached hydrogen (secondary N) is 1. The molecule has 2 aromatic carbocycles. The van der Waals surface area contributed by atoms with Crippen molar-refractivity contribution in [2.45, 2.75) is 12.5 Å². The predicted molar refractivity (Wildman–Crippen MR) is 96.3 cm³/mol. The lowest BCUT2D eigenvalue weighted by atomic mass is 9.95. The van der Waals surface area contributed by atoms with Gasteiger partial charge in [-0.2, -0.15) is 0 Å². The Bertz CT molecular complexity index is 711. The molecule has 1 saturated heterocycles. The van der Waals surface area contributed by atoms with Gasteiger partial charge in [-0.1, -0.05) is 36.4 Å². The van der Waals surface area contributed by atoms with E-state index in [1.54, 1.807) is 0 Å². The highest BCUT2D eigenvalue weighted by Crippen LogP contribution is 2.28. The van der Waals surface area contributed by atoms with Gasteiger partial charge < -0.3 is 21.1 Å². The van der Waals surface area contributed by atoms with E-state index in [4.69, 9.17) is 10.8 Å². The molecule has 3 rings (SSSR count). The monoisotopic (exact) mass is 325 g/mol. The van der Waals surface area contributed by atoms with Gasteiger partial charge in [0.25, 0.3) is 0 Å². The number of nitrogens with two attached hydrogens (primary N) is 1. The van der Waals surface area contributed by atoms with E-state index in [2.05, 4.69) is 34.5 Å². The van der Waals surface area contributed by atoms with Gasteiger partial charge in [0.15, 0.2) is 0 Å². The van der Waals surface area contributed by atoms with Gasteiger partial charge in [0.1, 0.15) is 6.04 Å². The van der Waals surface area contributed by atoms with E-state index < -0.39 is 12.0 Å². The third-order valence-electron chi connectivity index (χ3n) is 4.41. The number of carboxylic acids is 1. The predicted octanol–water partition coefficient (Wildman–Crippen LogP) is 1.72. The Labute approximate surface area is 142 Å². The summed E-state index contributed by atoms with van der Waals surface area (Å²) in [6, 6.07) is 15.4. The van der Waals surface area contributed by atoms with Gasteiger partial charge >= 0.3 is 5.97 Å². The van der Waals surface area contributed by atoms with Crippen molar-refractivity contribution in [3.63, 3.8) is 0 Å². The zero-order chi connectivity index (χ0) is 16.9. The van der Waals surface area contributed by atoms with E-state index in [1.807, 2.05) is 24.3 Å². The Morgan fingerprint density at radius 3 is 2.67 bits per heavy atom. The smallest absolute Gasteiger partial charge is 0.320 e. The van der Waals surface area contributed by atoms with E-state index in [1.165, 1.54) is 5.69 Å². The number of piperazine rings is 1. The Balaban J connectivity index is 1.90. The van der Waals surface area contributed by atoms with Gasteiger partial charge in [-0.15, -0.1) is 0 Å². The number of anilines is 1. The SMILES string of the molecule is NC(Cc1ccccc1-c1cccc(N2CCNCC2)c1)C(=O)O. The molecule has 2 aromatic rings. The third kappa shape index (κ3) is 3.75. The standard InChI is InChI=1S/C19H23N3O2/c20-18(19(23)24)13-15-4-1-2-7-17(15)14-5-3-6-16(12-14)22-10-8-21-9-11-22/h1-7,12,18,21H,8-11,13,20H2,(H,23,24). The first-order valence-corrected chi connectivity index (χ1v) is 8.27. The number of carboxylic acid groups (broad SMARTS) is 1. The summed E-state index contributed by atoms with van der Waals surface area (Å²) in [6.45, 7) is 3.98. The molecule has 0 amide bonds. The average Bonchev–Trinajstić information content (AvgIpc) is 2.63. The number of nitrogens with zero attached hydrogens (tertiary/aromatic N) is 1. The van der Waals surface area contributed by atoms with Gasteiger partial charge in [-0.05, 0) is 35.2 Å². The van der Waals surface area contributed by atoms with Crippen LogP contribution in [0.15, 0.2) is 48.5 Å². The van der Waals surface area contributed by atoms with Crippen molar-refractivity contribution < 1.29 is 9.90 Å². The Morgan fingerprint density at radius 2 is 1.92 bits per heavy atom. The molecule has 5 heteroatoms. The second kappa shape index (κ2) is 7.47. The maximum Gasteiger partial charge on any atom is 0.320 e. The van der Waals surface area contributed by atoms with Crippen molar-refractivity contribution in [1.82, 2.24) is 5.32 Å². The van der Waals surface area contributed by atoms with Crippen LogP contribution in [0, 0.1) is 0 Å². The number of carbonyl (C=O) groups is 1. The molecule has 1 heterocycles. The van der Waals surface area contributed by atoms with Crippen LogP contribution in [0.3, 0.4) is 0 Å². The maximum absolute atomic E-state index is 11.1. The van der Waals surface area contributed by atoms with Crippen molar-refractivity contribution >= 4 is 11.7 Å². The summed E-state index contributed by atoms with van der Waals surface area (Å²) >= 11 is 0. The van der Waals surface area contributed by atoms with Crippen molar-refractivity contribution in [2.24, 2.45) is 5.73 Å². The van der Waals surface area contributed by atoms with E-state index >= 15 is 0 Å². The van der Waals surface area contributed by atoms with Crippen LogP contribution in [0.25, 0.3) is 11.1 Å². The molecule has 1 aliphatic rings. The third-order valence-corrected chi connectivity index (χ3v) is 4.41. The van der Waals surface area contributed by atoms with E-state index in [0.717, 1.165) is 42.9 Å². The van der Waals surface area contributed by atoms with Gasteiger partial charge in [-0.25, -0.2) is 0 Å². The van der Waals surface area contributed by atoms with Gasteiger partial charge in [0, 0.05) is 31.9 Å². The Kier molecular flexibility index (Phi) is 5.13. The van der Waals surface area contributed by atoms with Gasteiger partial charge in [0.05, 0.1) is 0 Å². The van der Waals surface area contributed by atoms with Crippen LogP contribution in [0.5, 0.6) is 0 Å². The molecule has 126 valence electrons. The first-order chi connectivity index (χ1) is 11.6. The Morgan fingerprint density at radius 1 is 1.17 bits per heavy atom. The largest absolute Gasteiger partial charge is 0.480 e. The Hall–Kier alpha value is -2.37. The maximum atomic E-state index is 11.1. The van der Waals surface area contributed by atoms with E-state index in [9.17, 15) is 4.79 Å². The molecule has 0 saturated carbocycles. The van der Waals surface area contributed by atoms with Crippen LogP contribution in [-0.4, -0.2) is 43.3 Å². The van der Waals surface area contributed by atoms with Crippen LogP contribution in [0.2, 0.25) is 0 Å². The number of benzene rings is 2. The van der Waals surface area contributed by atoms with Crippen LogP contribution in [-0.2, 0) is 11.2 Å². The number of aliphatic carboxylic acids is 1.